The summed E-state index contributed by atoms with van der Waals surface area (Å²) in [5.41, 5.74) is 0. The molecule has 96 valence electrons. The maximum atomic E-state index is 5.68. The summed E-state index contributed by atoms with van der Waals surface area (Å²) in [6.07, 6.45) is 2.11. The molecule has 0 fully saturated rings. The zero-order chi connectivity index (χ0) is 12.3. The first-order valence-electron chi connectivity index (χ1n) is 6.27. The van der Waals surface area contributed by atoms with Gasteiger partial charge in [-0.2, -0.15) is 0 Å². The summed E-state index contributed by atoms with van der Waals surface area (Å²) >= 11 is 5.68. The molecule has 0 radical (unpaired) electrons. The van der Waals surface area contributed by atoms with Crippen LogP contribution in [0.2, 0.25) is 0 Å². The van der Waals surface area contributed by atoms with E-state index in [2.05, 4.69) is 12.2 Å². The van der Waals surface area contributed by atoms with Gasteiger partial charge in [0.05, 0.1) is 6.61 Å². The van der Waals surface area contributed by atoms with Gasteiger partial charge in [-0.05, 0) is 44.0 Å². The summed E-state index contributed by atoms with van der Waals surface area (Å²) in [6.45, 7) is 5.02. The fraction of sp³-hybridized carbons (Fsp3) is 0.571. The summed E-state index contributed by atoms with van der Waals surface area (Å²) in [6, 6.07) is 9.93. The zero-order valence-corrected chi connectivity index (χ0v) is 11.2. The van der Waals surface area contributed by atoms with Crippen molar-refractivity contribution in [3.63, 3.8) is 0 Å². The Morgan fingerprint density at radius 1 is 1.29 bits per heavy atom. The van der Waals surface area contributed by atoms with Gasteiger partial charge in [0.15, 0.2) is 0 Å². The van der Waals surface area contributed by atoms with E-state index in [4.69, 9.17) is 16.3 Å². The van der Waals surface area contributed by atoms with Crippen molar-refractivity contribution in [1.82, 2.24) is 5.32 Å². The number of benzene rings is 1. The molecule has 1 atom stereocenters. The molecule has 0 saturated heterocycles. The van der Waals surface area contributed by atoms with Gasteiger partial charge in [0.2, 0.25) is 0 Å². The van der Waals surface area contributed by atoms with Gasteiger partial charge < -0.3 is 10.1 Å². The molecule has 0 aliphatic rings. The molecule has 0 aliphatic heterocycles. The normalized spacial score (nSPS) is 12.4. The standard InChI is InChI=1S/C14H22ClNO/c1-13(8-9-15)12-16-10-5-11-17-14-6-3-2-4-7-14/h2-4,6-7,13,16H,5,8-12H2,1H3. The predicted molar refractivity (Wildman–Crippen MR) is 73.9 cm³/mol. The minimum absolute atomic E-state index is 0.655. The van der Waals surface area contributed by atoms with Crippen molar-refractivity contribution in [3.8, 4) is 5.75 Å². The highest BCUT2D eigenvalue weighted by atomic mass is 35.5. The van der Waals surface area contributed by atoms with Crippen LogP contribution < -0.4 is 10.1 Å². The number of para-hydroxylation sites is 1. The Morgan fingerprint density at radius 3 is 2.76 bits per heavy atom. The monoisotopic (exact) mass is 255 g/mol. The molecule has 0 heterocycles. The van der Waals surface area contributed by atoms with E-state index in [9.17, 15) is 0 Å². The average Bonchev–Trinajstić information content (AvgIpc) is 2.35. The van der Waals surface area contributed by atoms with Crippen LogP contribution in [0.1, 0.15) is 19.8 Å². The van der Waals surface area contributed by atoms with Crippen LogP contribution in [0.3, 0.4) is 0 Å². The molecule has 17 heavy (non-hydrogen) atoms. The third-order valence-electron chi connectivity index (χ3n) is 2.60. The second-order valence-electron chi connectivity index (χ2n) is 4.30. The number of halogens is 1. The molecule has 1 rings (SSSR count). The number of hydrogen-bond donors (Lipinski definition) is 1. The second kappa shape index (κ2) is 9.32. The van der Waals surface area contributed by atoms with Crippen LogP contribution in [0.25, 0.3) is 0 Å². The topological polar surface area (TPSA) is 21.3 Å². The van der Waals surface area contributed by atoms with Gasteiger partial charge in [-0.25, -0.2) is 0 Å². The van der Waals surface area contributed by atoms with Gasteiger partial charge in [0.1, 0.15) is 5.75 Å². The Labute approximate surface area is 109 Å². The third kappa shape index (κ3) is 7.24. The summed E-state index contributed by atoms with van der Waals surface area (Å²) < 4.78 is 5.60. The average molecular weight is 256 g/mol. The van der Waals surface area contributed by atoms with Crippen LogP contribution in [0.5, 0.6) is 5.75 Å². The predicted octanol–water partition coefficient (Wildman–Crippen LogP) is 3.31. The number of rotatable bonds is 9. The van der Waals surface area contributed by atoms with Gasteiger partial charge in [0, 0.05) is 5.88 Å². The van der Waals surface area contributed by atoms with Crippen LogP contribution in [0.15, 0.2) is 30.3 Å². The maximum absolute atomic E-state index is 5.68. The highest BCUT2D eigenvalue weighted by Gasteiger charge is 1.99. The van der Waals surface area contributed by atoms with Crippen molar-refractivity contribution in [2.24, 2.45) is 5.92 Å². The zero-order valence-electron chi connectivity index (χ0n) is 10.5. The van der Waals surface area contributed by atoms with E-state index in [1.165, 1.54) is 0 Å². The molecule has 0 spiro atoms. The van der Waals surface area contributed by atoms with E-state index >= 15 is 0 Å². The van der Waals surface area contributed by atoms with Crippen molar-refractivity contribution in [3.05, 3.63) is 30.3 Å². The van der Waals surface area contributed by atoms with Crippen molar-refractivity contribution in [2.45, 2.75) is 19.8 Å². The molecule has 3 heteroatoms. The van der Waals surface area contributed by atoms with E-state index in [-0.39, 0.29) is 0 Å². The molecule has 1 N–H and O–H groups in total. The quantitative estimate of drug-likeness (QED) is 0.540. The lowest BCUT2D eigenvalue weighted by atomic mass is 10.1. The Hall–Kier alpha value is -0.730. The highest BCUT2D eigenvalue weighted by molar-refractivity contribution is 6.17. The van der Waals surface area contributed by atoms with Crippen LogP contribution in [-0.4, -0.2) is 25.6 Å². The fourth-order valence-electron chi connectivity index (χ4n) is 1.54. The molecule has 0 amide bonds. The van der Waals surface area contributed by atoms with Crippen LogP contribution in [-0.2, 0) is 0 Å². The molecule has 1 unspecified atom stereocenters. The van der Waals surface area contributed by atoms with E-state index < -0.39 is 0 Å². The Morgan fingerprint density at radius 2 is 2.06 bits per heavy atom. The van der Waals surface area contributed by atoms with Crippen LogP contribution in [0, 0.1) is 5.92 Å². The Balaban J connectivity index is 1.95. The first kappa shape index (κ1) is 14.3. The van der Waals surface area contributed by atoms with E-state index in [1.807, 2.05) is 30.3 Å². The minimum atomic E-state index is 0.655. The first-order chi connectivity index (χ1) is 8.33. The van der Waals surface area contributed by atoms with Crippen LogP contribution in [0.4, 0.5) is 0 Å². The van der Waals surface area contributed by atoms with E-state index in [0.29, 0.717) is 5.92 Å². The van der Waals surface area contributed by atoms with Gasteiger partial charge >= 0.3 is 0 Å². The summed E-state index contributed by atoms with van der Waals surface area (Å²) in [5.74, 6) is 2.35. The lowest BCUT2D eigenvalue weighted by Crippen LogP contribution is -2.23. The molecule has 0 aliphatic carbocycles. The molecule has 1 aromatic carbocycles. The second-order valence-corrected chi connectivity index (χ2v) is 4.68. The SMILES string of the molecule is CC(CCCl)CNCCCOc1ccccc1. The van der Waals surface area contributed by atoms with Crippen molar-refractivity contribution < 1.29 is 4.74 Å². The molecule has 0 bridgehead atoms. The van der Waals surface area contributed by atoms with Gasteiger partial charge in [0.25, 0.3) is 0 Å². The number of ether oxygens (including phenoxy) is 1. The van der Waals surface area contributed by atoms with Crippen LogP contribution >= 0.6 is 11.6 Å². The van der Waals surface area contributed by atoms with Gasteiger partial charge in [-0.15, -0.1) is 11.6 Å². The molecular weight excluding hydrogens is 234 g/mol. The summed E-state index contributed by atoms with van der Waals surface area (Å²) in [5, 5.41) is 3.42. The fourth-order valence-corrected chi connectivity index (χ4v) is 1.91. The number of hydrogen-bond acceptors (Lipinski definition) is 2. The lowest BCUT2D eigenvalue weighted by Gasteiger charge is -2.11. The molecule has 1 aromatic rings. The van der Waals surface area contributed by atoms with E-state index in [1.54, 1.807) is 0 Å². The maximum Gasteiger partial charge on any atom is 0.119 e. The Kier molecular flexibility index (Phi) is 7.85. The van der Waals surface area contributed by atoms with Gasteiger partial charge in [-0.1, -0.05) is 25.1 Å². The van der Waals surface area contributed by atoms with Crippen molar-refractivity contribution in [1.29, 1.82) is 0 Å². The molecule has 0 saturated carbocycles. The first-order valence-corrected chi connectivity index (χ1v) is 6.81. The third-order valence-corrected chi connectivity index (χ3v) is 2.82. The number of alkyl halides is 1. The lowest BCUT2D eigenvalue weighted by molar-refractivity contribution is 0.306. The largest absolute Gasteiger partial charge is 0.494 e. The molecule has 2 nitrogen and oxygen atoms in total. The van der Waals surface area contributed by atoms with Crippen molar-refractivity contribution in [2.75, 3.05) is 25.6 Å². The van der Waals surface area contributed by atoms with Crippen molar-refractivity contribution >= 4 is 11.6 Å². The minimum Gasteiger partial charge on any atom is -0.494 e. The molecular formula is C14H22ClNO. The Bertz CT molecular complexity index is 279. The molecule has 0 aromatic heterocycles. The summed E-state index contributed by atoms with van der Waals surface area (Å²) in [4.78, 5) is 0. The van der Waals surface area contributed by atoms with E-state index in [0.717, 1.165) is 44.2 Å². The smallest absolute Gasteiger partial charge is 0.119 e. The van der Waals surface area contributed by atoms with Gasteiger partial charge in [-0.3, -0.25) is 0 Å². The summed E-state index contributed by atoms with van der Waals surface area (Å²) in [7, 11) is 0. The highest BCUT2D eigenvalue weighted by Crippen LogP contribution is 2.08. The number of nitrogens with one attached hydrogen (secondary N) is 1.